The number of aromatic amines is 1. The molecule has 0 spiro atoms. The fourth-order valence-electron chi connectivity index (χ4n) is 2.65. The number of likely N-dealkylation sites (tertiary alicyclic amines) is 1. The highest BCUT2D eigenvalue weighted by molar-refractivity contribution is 5.93. The molecule has 0 unspecified atom stereocenters. The number of carbonyl (C=O) groups is 1. The van der Waals surface area contributed by atoms with Crippen LogP contribution in [0.25, 0.3) is 0 Å². The number of aromatic nitrogens is 4. The largest absolute Gasteiger partial charge is 0.432 e. The van der Waals surface area contributed by atoms with E-state index in [-0.39, 0.29) is 29.9 Å². The van der Waals surface area contributed by atoms with Crippen molar-refractivity contribution in [1.29, 1.82) is 0 Å². The van der Waals surface area contributed by atoms with Crippen molar-refractivity contribution >= 4 is 5.91 Å². The number of alkyl halides is 3. The van der Waals surface area contributed by atoms with Gasteiger partial charge in [-0.3, -0.25) is 4.79 Å². The van der Waals surface area contributed by atoms with Crippen LogP contribution in [0.4, 0.5) is 13.2 Å². The number of amides is 1. The molecule has 1 amide bonds. The highest BCUT2D eigenvalue weighted by Gasteiger charge is 2.35. The van der Waals surface area contributed by atoms with Crippen LogP contribution in [-0.2, 0) is 6.18 Å². The molecule has 3 rings (SSSR count). The van der Waals surface area contributed by atoms with Gasteiger partial charge in [-0.2, -0.15) is 13.2 Å². The molecule has 0 radical (unpaired) electrons. The normalized spacial score (nSPS) is 19.1. The summed E-state index contributed by atoms with van der Waals surface area (Å²) in [4.78, 5) is 20.0. The minimum absolute atomic E-state index is 0.126. The van der Waals surface area contributed by atoms with E-state index in [1.54, 1.807) is 6.92 Å². The molecule has 0 aliphatic carbocycles. The summed E-state index contributed by atoms with van der Waals surface area (Å²) >= 11 is 0. The molecule has 1 fully saturated rings. The van der Waals surface area contributed by atoms with Crippen molar-refractivity contribution in [2.45, 2.75) is 31.9 Å². The van der Waals surface area contributed by atoms with Gasteiger partial charge in [0.15, 0.2) is 5.69 Å². The standard InChI is InChI=1S/C13H14F3N5O2/c1-7-10(20-23-19-7)12(22)21-4-2-3-8(6-21)11-17-5-9(18-11)13(14,15)16/h5,8H,2-4,6H2,1H3,(H,17,18)/t8-/m1/s1. The number of hydrogen-bond donors (Lipinski definition) is 1. The van der Waals surface area contributed by atoms with Gasteiger partial charge in [0.2, 0.25) is 0 Å². The van der Waals surface area contributed by atoms with Crippen molar-refractivity contribution < 1.29 is 22.6 Å². The molecule has 1 aliphatic heterocycles. The first-order valence-electron chi connectivity index (χ1n) is 7.07. The zero-order valence-corrected chi connectivity index (χ0v) is 12.2. The lowest BCUT2D eigenvalue weighted by molar-refractivity contribution is -0.141. The number of H-pyrrole nitrogens is 1. The summed E-state index contributed by atoms with van der Waals surface area (Å²) in [5.74, 6) is -0.371. The third-order valence-corrected chi connectivity index (χ3v) is 3.85. The minimum atomic E-state index is -4.46. The number of nitrogens with one attached hydrogen (secondary N) is 1. The van der Waals surface area contributed by atoms with Gasteiger partial charge in [-0.15, -0.1) is 0 Å². The van der Waals surface area contributed by atoms with E-state index in [0.29, 0.717) is 25.1 Å². The first-order chi connectivity index (χ1) is 10.9. The van der Waals surface area contributed by atoms with Crippen LogP contribution in [0.1, 0.15) is 46.5 Å². The molecule has 124 valence electrons. The second kappa shape index (κ2) is 5.67. The number of piperidine rings is 1. The van der Waals surface area contributed by atoms with Crippen LogP contribution in [0.3, 0.4) is 0 Å². The summed E-state index contributed by atoms with van der Waals surface area (Å²) in [5.41, 5.74) is -0.372. The highest BCUT2D eigenvalue weighted by Crippen LogP contribution is 2.31. The first kappa shape index (κ1) is 15.5. The van der Waals surface area contributed by atoms with Crippen LogP contribution >= 0.6 is 0 Å². The molecule has 1 atom stereocenters. The Bertz CT molecular complexity index is 709. The smallest absolute Gasteiger partial charge is 0.338 e. The summed E-state index contributed by atoms with van der Waals surface area (Å²) < 4.78 is 42.4. The number of nitrogens with zero attached hydrogens (tertiary/aromatic N) is 4. The summed E-state index contributed by atoms with van der Waals surface area (Å²) in [6.07, 6.45) is -2.35. The maximum atomic E-state index is 12.6. The fourth-order valence-corrected chi connectivity index (χ4v) is 2.65. The van der Waals surface area contributed by atoms with Gasteiger partial charge in [0.1, 0.15) is 17.2 Å². The number of rotatable bonds is 2. The van der Waals surface area contributed by atoms with E-state index in [1.165, 1.54) is 4.90 Å². The van der Waals surface area contributed by atoms with E-state index in [9.17, 15) is 18.0 Å². The second-order valence-corrected chi connectivity index (χ2v) is 5.47. The van der Waals surface area contributed by atoms with Crippen LogP contribution < -0.4 is 0 Å². The van der Waals surface area contributed by atoms with E-state index in [1.807, 2.05) is 0 Å². The van der Waals surface area contributed by atoms with Gasteiger partial charge in [0.25, 0.3) is 5.91 Å². The average Bonchev–Trinajstić information content (AvgIpc) is 3.15. The molecule has 2 aromatic rings. The predicted octanol–water partition coefficient (Wildman–Crippen LogP) is 2.14. The quantitative estimate of drug-likeness (QED) is 0.912. The summed E-state index contributed by atoms with van der Waals surface area (Å²) in [7, 11) is 0. The molecule has 1 saturated heterocycles. The third-order valence-electron chi connectivity index (χ3n) is 3.85. The van der Waals surface area contributed by atoms with Crippen LogP contribution in [0, 0.1) is 6.92 Å². The average molecular weight is 329 g/mol. The first-order valence-corrected chi connectivity index (χ1v) is 7.07. The fraction of sp³-hybridized carbons (Fsp3) is 0.538. The molecular weight excluding hydrogens is 315 g/mol. The minimum Gasteiger partial charge on any atom is -0.338 e. The van der Waals surface area contributed by atoms with Crippen molar-refractivity contribution in [2.24, 2.45) is 0 Å². The van der Waals surface area contributed by atoms with Gasteiger partial charge in [-0.25, -0.2) is 9.61 Å². The second-order valence-electron chi connectivity index (χ2n) is 5.47. The highest BCUT2D eigenvalue weighted by atomic mass is 19.4. The molecule has 10 heteroatoms. The van der Waals surface area contributed by atoms with Crippen molar-refractivity contribution in [2.75, 3.05) is 13.1 Å². The van der Waals surface area contributed by atoms with E-state index in [4.69, 9.17) is 0 Å². The van der Waals surface area contributed by atoms with Crippen LogP contribution in [-0.4, -0.2) is 44.2 Å². The summed E-state index contributed by atoms with van der Waals surface area (Å²) in [6.45, 7) is 2.39. The van der Waals surface area contributed by atoms with Gasteiger partial charge in [0.05, 0.1) is 6.20 Å². The van der Waals surface area contributed by atoms with Crippen LogP contribution in [0.15, 0.2) is 10.8 Å². The molecule has 0 bridgehead atoms. The molecule has 3 heterocycles. The predicted molar refractivity (Wildman–Crippen MR) is 70.5 cm³/mol. The number of aryl methyl sites for hydroxylation is 1. The zero-order valence-electron chi connectivity index (χ0n) is 12.2. The van der Waals surface area contributed by atoms with Crippen LogP contribution in [0.2, 0.25) is 0 Å². The lowest BCUT2D eigenvalue weighted by Gasteiger charge is -2.31. The van der Waals surface area contributed by atoms with Crippen molar-refractivity contribution in [1.82, 2.24) is 25.2 Å². The Balaban J connectivity index is 1.75. The summed E-state index contributed by atoms with van der Waals surface area (Å²) in [6, 6.07) is 0. The van der Waals surface area contributed by atoms with Gasteiger partial charge in [0, 0.05) is 19.0 Å². The molecule has 1 N–H and O–H groups in total. The van der Waals surface area contributed by atoms with E-state index in [2.05, 4.69) is 24.9 Å². The van der Waals surface area contributed by atoms with Crippen molar-refractivity contribution in [3.8, 4) is 0 Å². The Hall–Kier alpha value is -2.39. The van der Waals surface area contributed by atoms with Crippen molar-refractivity contribution in [3.05, 3.63) is 29.1 Å². The lowest BCUT2D eigenvalue weighted by Crippen LogP contribution is -2.39. The van der Waals surface area contributed by atoms with Gasteiger partial charge >= 0.3 is 6.18 Å². The van der Waals surface area contributed by atoms with E-state index in [0.717, 1.165) is 6.20 Å². The Kier molecular flexibility index (Phi) is 3.82. The SMILES string of the molecule is Cc1nonc1C(=O)N1CCC[C@@H](c2ncc(C(F)(F)F)[nH]2)C1. The topological polar surface area (TPSA) is 87.9 Å². The van der Waals surface area contributed by atoms with E-state index < -0.39 is 11.9 Å². The molecule has 7 nitrogen and oxygen atoms in total. The molecule has 0 saturated carbocycles. The molecule has 1 aliphatic rings. The van der Waals surface area contributed by atoms with E-state index >= 15 is 0 Å². The molecular formula is C13H14F3N5O2. The summed E-state index contributed by atoms with van der Waals surface area (Å²) in [5, 5.41) is 7.14. The van der Waals surface area contributed by atoms with Crippen LogP contribution in [0.5, 0.6) is 0 Å². The maximum absolute atomic E-state index is 12.6. The Morgan fingerprint density at radius 2 is 2.22 bits per heavy atom. The van der Waals surface area contributed by atoms with Crippen molar-refractivity contribution in [3.63, 3.8) is 0 Å². The number of imidazole rings is 1. The lowest BCUT2D eigenvalue weighted by atomic mass is 9.97. The maximum Gasteiger partial charge on any atom is 0.432 e. The Labute approximate surface area is 128 Å². The number of hydrogen-bond acceptors (Lipinski definition) is 5. The van der Waals surface area contributed by atoms with Gasteiger partial charge in [-0.05, 0) is 24.9 Å². The Morgan fingerprint density at radius 1 is 1.43 bits per heavy atom. The molecule has 23 heavy (non-hydrogen) atoms. The Morgan fingerprint density at radius 3 is 2.83 bits per heavy atom. The molecule has 2 aromatic heterocycles. The van der Waals surface area contributed by atoms with Gasteiger partial charge in [-0.1, -0.05) is 5.16 Å². The van der Waals surface area contributed by atoms with Gasteiger partial charge < -0.3 is 9.88 Å². The zero-order chi connectivity index (χ0) is 16.6. The third kappa shape index (κ3) is 3.06. The number of halogens is 3. The number of carbonyl (C=O) groups excluding carboxylic acids is 1. The molecule has 0 aromatic carbocycles. The monoisotopic (exact) mass is 329 g/mol.